The summed E-state index contributed by atoms with van der Waals surface area (Å²) in [5.41, 5.74) is 2.70. The number of hydrogen-bond donors (Lipinski definition) is 0. The molecule has 0 aromatic heterocycles. The number of amides is 1. The highest BCUT2D eigenvalue weighted by Crippen LogP contribution is 2.35. The number of rotatable bonds is 6. The average molecular weight is 475 g/mol. The summed E-state index contributed by atoms with van der Waals surface area (Å²) in [7, 11) is 0. The Balaban J connectivity index is 1.26. The molecule has 3 nitrogen and oxygen atoms in total. The summed E-state index contributed by atoms with van der Waals surface area (Å²) < 4.78 is 27.8. The summed E-state index contributed by atoms with van der Waals surface area (Å²) in [6.45, 7) is 4.09. The fourth-order valence-electron chi connectivity index (χ4n) is 5.79. The summed E-state index contributed by atoms with van der Waals surface area (Å²) >= 11 is 0. The number of likely N-dealkylation sites (tertiary alicyclic amines) is 2. The first kappa shape index (κ1) is 23.7. The van der Waals surface area contributed by atoms with Crippen molar-refractivity contribution in [3.63, 3.8) is 0 Å². The number of hydrogen-bond acceptors (Lipinski definition) is 2. The second-order valence-electron chi connectivity index (χ2n) is 10.1. The van der Waals surface area contributed by atoms with E-state index in [1.807, 2.05) is 11.0 Å². The Bertz CT molecular complexity index is 1140. The van der Waals surface area contributed by atoms with Crippen molar-refractivity contribution in [2.75, 3.05) is 32.7 Å². The lowest BCUT2D eigenvalue weighted by molar-refractivity contribution is 0.0780. The molecule has 182 valence electrons. The van der Waals surface area contributed by atoms with Crippen LogP contribution in [0.15, 0.2) is 78.9 Å². The van der Waals surface area contributed by atoms with E-state index in [0.29, 0.717) is 24.6 Å². The third kappa shape index (κ3) is 5.79. The largest absolute Gasteiger partial charge is 0.338 e. The second-order valence-corrected chi connectivity index (χ2v) is 10.1. The maximum atomic E-state index is 14.1. The molecule has 0 N–H and O–H groups in total. The Morgan fingerprint density at radius 1 is 0.829 bits per heavy atom. The van der Waals surface area contributed by atoms with Crippen LogP contribution < -0.4 is 0 Å². The highest BCUT2D eigenvalue weighted by molar-refractivity contribution is 5.94. The average Bonchev–Trinajstić information content (AvgIpc) is 3.29. The number of carbonyl (C=O) groups excluding carboxylic acids is 1. The van der Waals surface area contributed by atoms with Gasteiger partial charge in [0, 0.05) is 31.1 Å². The molecule has 0 radical (unpaired) electrons. The second kappa shape index (κ2) is 10.7. The number of carbonyl (C=O) groups is 1. The van der Waals surface area contributed by atoms with Crippen LogP contribution in [-0.2, 0) is 6.42 Å². The van der Waals surface area contributed by atoms with Gasteiger partial charge in [-0.3, -0.25) is 4.79 Å². The van der Waals surface area contributed by atoms with Gasteiger partial charge in [0.05, 0.1) is 0 Å². The first-order valence-corrected chi connectivity index (χ1v) is 12.6. The quantitative estimate of drug-likeness (QED) is 0.453. The van der Waals surface area contributed by atoms with Crippen LogP contribution in [0.3, 0.4) is 0 Å². The molecule has 5 rings (SSSR count). The van der Waals surface area contributed by atoms with Gasteiger partial charge in [0.25, 0.3) is 5.91 Å². The summed E-state index contributed by atoms with van der Waals surface area (Å²) in [6, 6.07) is 23.3. The van der Waals surface area contributed by atoms with E-state index >= 15 is 0 Å². The van der Waals surface area contributed by atoms with Gasteiger partial charge in [-0.2, -0.15) is 0 Å². The number of halogens is 2. The zero-order chi connectivity index (χ0) is 24.2. The molecular weight excluding hydrogens is 442 g/mol. The smallest absolute Gasteiger partial charge is 0.253 e. The zero-order valence-corrected chi connectivity index (χ0v) is 20.0. The molecule has 0 aliphatic carbocycles. The van der Waals surface area contributed by atoms with Crippen LogP contribution in [0.25, 0.3) is 0 Å². The minimum absolute atomic E-state index is 0.0604. The normalized spacial score (nSPS) is 21.4. The van der Waals surface area contributed by atoms with Crippen LogP contribution in [0.1, 0.15) is 40.2 Å². The van der Waals surface area contributed by atoms with Crippen molar-refractivity contribution in [3.05, 3.63) is 107 Å². The standard InChI is InChI=1S/C30H32F2N2O/c31-27-10-4-8-24(17-27)29-21-34(30(35)25-9-5-11-28(32)18-25)20-26(29)19-33-14-12-23(13-15-33)16-22-6-2-1-3-7-22/h1-11,17-18,23,26,29H,12-16,19-21H2. The summed E-state index contributed by atoms with van der Waals surface area (Å²) in [5.74, 6) is 0.145. The SMILES string of the molecule is O=C(c1cccc(F)c1)N1CC(CN2CCC(Cc3ccccc3)CC2)C(c2cccc(F)c2)C1. The predicted octanol–water partition coefficient (Wildman–Crippen LogP) is 5.78. The highest BCUT2D eigenvalue weighted by Gasteiger charge is 2.38. The first-order chi connectivity index (χ1) is 17.0. The maximum absolute atomic E-state index is 14.1. The van der Waals surface area contributed by atoms with Gasteiger partial charge < -0.3 is 9.80 Å². The van der Waals surface area contributed by atoms with Crippen molar-refractivity contribution in [1.82, 2.24) is 9.80 Å². The Morgan fingerprint density at radius 2 is 1.54 bits per heavy atom. The van der Waals surface area contributed by atoms with Crippen LogP contribution in [0, 0.1) is 23.5 Å². The minimum Gasteiger partial charge on any atom is -0.338 e. The molecule has 35 heavy (non-hydrogen) atoms. The van der Waals surface area contributed by atoms with Gasteiger partial charge in [-0.15, -0.1) is 0 Å². The molecule has 2 atom stereocenters. The summed E-state index contributed by atoms with van der Waals surface area (Å²) in [6.07, 6.45) is 3.45. The molecule has 0 bridgehead atoms. The molecule has 0 spiro atoms. The lowest BCUT2D eigenvalue weighted by Gasteiger charge is -2.34. The Kier molecular flexibility index (Phi) is 7.24. The first-order valence-electron chi connectivity index (χ1n) is 12.6. The summed E-state index contributed by atoms with van der Waals surface area (Å²) in [4.78, 5) is 17.5. The molecular formula is C30H32F2N2O. The Labute approximate surface area is 206 Å². The lowest BCUT2D eigenvalue weighted by atomic mass is 9.86. The number of benzene rings is 3. The van der Waals surface area contributed by atoms with Crippen LogP contribution in [-0.4, -0.2) is 48.4 Å². The van der Waals surface area contributed by atoms with E-state index in [-0.39, 0.29) is 23.6 Å². The third-order valence-corrected chi connectivity index (χ3v) is 7.64. The van der Waals surface area contributed by atoms with E-state index < -0.39 is 5.82 Å². The van der Waals surface area contributed by atoms with Crippen LogP contribution >= 0.6 is 0 Å². The number of piperidine rings is 1. The van der Waals surface area contributed by atoms with Gasteiger partial charge in [-0.1, -0.05) is 48.5 Å². The van der Waals surface area contributed by atoms with E-state index in [1.165, 1.54) is 23.8 Å². The van der Waals surface area contributed by atoms with Crippen LogP contribution in [0.4, 0.5) is 8.78 Å². The van der Waals surface area contributed by atoms with Gasteiger partial charge in [-0.05, 0) is 85.6 Å². The lowest BCUT2D eigenvalue weighted by Crippen LogP contribution is -2.39. The van der Waals surface area contributed by atoms with Gasteiger partial charge >= 0.3 is 0 Å². The topological polar surface area (TPSA) is 23.6 Å². The fraction of sp³-hybridized carbons (Fsp3) is 0.367. The zero-order valence-electron chi connectivity index (χ0n) is 20.0. The van der Waals surface area contributed by atoms with Crippen molar-refractivity contribution in [1.29, 1.82) is 0 Å². The van der Waals surface area contributed by atoms with Crippen LogP contribution in [0.5, 0.6) is 0 Å². The molecule has 1 amide bonds. The molecule has 3 aromatic rings. The monoisotopic (exact) mass is 474 g/mol. The van der Waals surface area contributed by atoms with Crippen molar-refractivity contribution < 1.29 is 13.6 Å². The molecule has 2 unspecified atom stereocenters. The van der Waals surface area contributed by atoms with E-state index in [0.717, 1.165) is 44.5 Å². The number of nitrogens with zero attached hydrogens (tertiary/aromatic N) is 2. The Morgan fingerprint density at radius 3 is 2.26 bits per heavy atom. The molecule has 0 saturated carbocycles. The fourth-order valence-corrected chi connectivity index (χ4v) is 5.79. The Hall–Kier alpha value is -3.05. The van der Waals surface area contributed by atoms with E-state index in [4.69, 9.17) is 0 Å². The predicted molar refractivity (Wildman–Crippen MR) is 134 cm³/mol. The van der Waals surface area contributed by atoms with Gasteiger partial charge in [-0.25, -0.2) is 8.78 Å². The molecule has 2 saturated heterocycles. The van der Waals surface area contributed by atoms with E-state index in [2.05, 4.69) is 35.2 Å². The minimum atomic E-state index is -0.411. The van der Waals surface area contributed by atoms with Crippen molar-refractivity contribution in [2.24, 2.45) is 11.8 Å². The van der Waals surface area contributed by atoms with Gasteiger partial charge in [0.15, 0.2) is 0 Å². The van der Waals surface area contributed by atoms with Crippen LogP contribution in [0.2, 0.25) is 0 Å². The molecule has 5 heteroatoms. The maximum Gasteiger partial charge on any atom is 0.253 e. The highest BCUT2D eigenvalue weighted by atomic mass is 19.1. The van der Waals surface area contributed by atoms with E-state index in [1.54, 1.807) is 24.3 Å². The van der Waals surface area contributed by atoms with Gasteiger partial charge in [0.2, 0.25) is 0 Å². The van der Waals surface area contributed by atoms with Crippen molar-refractivity contribution >= 4 is 5.91 Å². The molecule has 2 heterocycles. The molecule has 2 fully saturated rings. The van der Waals surface area contributed by atoms with Crippen molar-refractivity contribution in [3.8, 4) is 0 Å². The summed E-state index contributed by atoms with van der Waals surface area (Å²) in [5, 5.41) is 0. The third-order valence-electron chi connectivity index (χ3n) is 7.64. The van der Waals surface area contributed by atoms with Crippen molar-refractivity contribution in [2.45, 2.75) is 25.2 Å². The molecule has 2 aliphatic rings. The molecule has 2 aliphatic heterocycles. The van der Waals surface area contributed by atoms with E-state index in [9.17, 15) is 13.6 Å². The molecule has 3 aromatic carbocycles. The van der Waals surface area contributed by atoms with Gasteiger partial charge in [0.1, 0.15) is 11.6 Å².